The van der Waals surface area contributed by atoms with Crippen LogP contribution in [0.3, 0.4) is 0 Å². The number of ether oxygens (including phenoxy) is 1. The largest absolute Gasteiger partial charge is 0.463 e. The summed E-state index contributed by atoms with van der Waals surface area (Å²) in [6.45, 7) is 8.87. The lowest BCUT2D eigenvalue weighted by Gasteiger charge is -2.43. The summed E-state index contributed by atoms with van der Waals surface area (Å²) < 4.78 is 12.1. The van der Waals surface area contributed by atoms with Crippen molar-refractivity contribution in [3.8, 4) is 0 Å². The first-order valence-corrected chi connectivity index (χ1v) is 14.6. The van der Waals surface area contributed by atoms with Crippen molar-refractivity contribution in [2.45, 2.75) is 45.2 Å². The Bertz CT molecular complexity index is 1120. The fraction of sp³-hybridized carbons (Fsp3) is 0.290. The topological polar surface area (TPSA) is 64.6 Å². The maximum Gasteiger partial charge on any atom is 0.330 e. The standard InChI is InChI=1S/C31H37NO4Si/c1-5-35-30(34)22-21-26(32-29(33)23-25-15-9-6-10-16-25)24-36-37(31(2,3)4,27-17-11-7-12-18-27)28-19-13-8-14-20-28/h6-22,26H,5,23-24H2,1-4H3,(H,32,33)/b22-21+. The molecule has 0 aliphatic carbocycles. The van der Waals surface area contributed by atoms with E-state index in [0.29, 0.717) is 0 Å². The van der Waals surface area contributed by atoms with Crippen molar-refractivity contribution in [1.82, 2.24) is 5.32 Å². The molecule has 0 fully saturated rings. The Morgan fingerprint density at radius 2 is 1.38 bits per heavy atom. The molecule has 3 aromatic carbocycles. The van der Waals surface area contributed by atoms with Crippen molar-refractivity contribution in [3.63, 3.8) is 0 Å². The van der Waals surface area contributed by atoms with Crippen LogP contribution in [-0.2, 0) is 25.2 Å². The molecule has 0 saturated heterocycles. The van der Waals surface area contributed by atoms with Gasteiger partial charge in [-0.3, -0.25) is 4.79 Å². The summed E-state index contributed by atoms with van der Waals surface area (Å²) in [5, 5.41) is 5.15. The van der Waals surface area contributed by atoms with Crippen LogP contribution in [-0.4, -0.2) is 39.4 Å². The van der Waals surface area contributed by atoms with E-state index in [1.165, 1.54) is 6.08 Å². The minimum Gasteiger partial charge on any atom is -0.463 e. The van der Waals surface area contributed by atoms with Gasteiger partial charge in [-0.05, 0) is 27.9 Å². The van der Waals surface area contributed by atoms with Gasteiger partial charge in [0.15, 0.2) is 0 Å². The normalized spacial score (nSPS) is 12.8. The summed E-state index contributed by atoms with van der Waals surface area (Å²) in [6.07, 6.45) is 3.27. The summed E-state index contributed by atoms with van der Waals surface area (Å²) in [5.41, 5.74) is 0.918. The second-order valence-electron chi connectivity index (χ2n) is 9.92. The van der Waals surface area contributed by atoms with Crippen LogP contribution < -0.4 is 15.7 Å². The van der Waals surface area contributed by atoms with Crippen molar-refractivity contribution in [2.75, 3.05) is 13.2 Å². The van der Waals surface area contributed by atoms with Crippen LogP contribution in [0.4, 0.5) is 0 Å². The van der Waals surface area contributed by atoms with Crippen LogP contribution in [0.5, 0.6) is 0 Å². The van der Waals surface area contributed by atoms with Crippen LogP contribution >= 0.6 is 0 Å². The molecule has 6 heteroatoms. The lowest BCUT2D eigenvalue weighted by atomic mass is 10.1. The smallest absolute Gasteiger partial charge is 0.330 e. The minimum absolute atomic E-state index is 0.143. The number of benzene rings is 3. The number of hydrogen-bond donors (Lipinski definition) is 1. The molecule has 0 aromatic heterocycles. The van der Waals surface area contributed by atoms with E-state index in [9.17, 15) is 9.59 Å². The van der Waals surface area contributed by atoms with Crippen LogP contribution in [0.25, 0.3) is 0 Å². The second kappa shape index (κ2) is 13.2. The minimum atomic E-state index is -2.81. The van der Waals surface area contributed by atoms with Gasteiger partial charge in [0.05, 0.1) is 25.7 Å². The van der Waals surface area contributed by atoms with Crippen LogP contribution in [0, 0.1) is 0 Å². The zero-order valence-corrected chi connectivity index (χ0v) is 23.1. The fourth-order valence-corrected chi connectivity index (χ4v) is 9.13. The Hall–Kier alpha value is -3.48. The van der Waals surface area contributed by atoms with Crippen molar-refractivity contribution >= 4 is 30.6 Å². The molecule has 0 saturated carbocycles. The molecule has 0 aliphatic heterocycles. The third-order valence-corrected chi connectivity index (χ3v) is 11.2. The van der Waals surface area contributed by atoms with E-state index in [1.807, 2.05) is 66.7 Å². The molecule has 5 nitrogen and oxygen atoms in total. The van der Waals surface area contributed by atoms with E-state index in [1.54, 1.807) is 13.0 Å². The van der Waals surface area contributed by atoms with Crippen molar-refractivity contribution in [1.29, 1.82) is 0 Å². The lowest BCUT2D eigenvalue weighted by Crippen LogP contribution is -2.67. The predicted octanol–water partition coefficient (Wildman–Crippen LogP) is 4.41. The zero-order chi connectivity index (χ0) is 26.7. The Morgan fingerprint density at radius 3 is 1.86 bits per heavy atom. The molecule has 3 rings (SSSR count). The fourth-order valence-electron chi connectivity index (χ4n) is 4.55. The molecule has 1 N–H and O–H groups in total. The molecule has 0 spiro atoms. The van der Waals surface area contributed by atoms with E-state index in [0.717, 1.165) is 15.9 Å². The molecule has 0 bridgehead atoms. The van der Waals surface area contributed by atoms with E-state index in [4.69, 9.17) is 9.16 Å². The molecule has 0 heterocycles. The summed E-state index contributed by atoms with van der Waals surface area (Å²) >= 11 is 0. The van der Waals surface area contributed by atoms with Gasteiger partial charge < -0.3 is 14.5 Å². The van der Waals surface area contributed by atoms with Gasteiger partial charge in [0, 0.05) is 6.08 Å². The Kier molecular flexibility index (Phi) is 10.0. The predicted molar refractivity (Wildman–Crippen MR) is 151 cm³/mol. The molecular weight excluding hydrogens is 478 g/mol. The molecule has 0 radical (unpaired) electrons. The van der Waals surface area contributed by atoms with E-state index < -0.39 is 20.3 Å². The number of hydrogen-bond acceptors (Lipinski definition) is 4. The molecular formula is C31H37NO4Si. The number of rotatable bonds is 11. The number of nitrogens with one attached hydrogen (secondary N) is 1. The number of esters is 1. The molecule has 0 aliphatic rings. The highest BCUT2D eigenvalue weighted by atomic mass is 28.4. The van der Waals surface area contributed by atoms with Gasteiger partial charge in [-0.15, -0.1) is 0 Å². The van der Waals surface area contributed by atoms with Crippen molar-refractivity contribution < 1.29 is 18.8 Å². The van der Waals surface area contributed by atoms with Gasteiger partial charge >= 0.3 is 5.97 Å². The van der Waals surface area contributed by atoms with Gasteiger partial charge in [-0.1, -0.05) is 118 Å². The highest BCUT2D eigenvalue weighted by molar-refractivity contribution is 6.99. The van der Waals surface area contributed by atoms with E-state index >= 15 is 0 Å². The highest BCUT2D eigenvalue weighted by Crippen LogP contribution is 2.36. The SMILES string of the molecule is CCOC(=O)/C=C/C(CO[Si](c1ccccc1)(c1ccccc1)C(C)(C)C)NC(=O)Cc1ccccc1. The Morgan fingerprint density at radius 1 is 0.865 bits per heavy atom. The highest BCUT2D eigenvalue weighted by Gasteiger charge is 2.50. The zero-order valence-electron chi connectivity index (χ0n) is 22.1. The summed E-state index contributed by atoms with van der Waals surface area (Å²) in [5.74, 6) is -0.592. The van der Waals surface area contributed by atoms with E-state index in [2.05, 4.69) is 50.4 Å². The van der Waals surface area contributed by atoms with Gasteiger partial charge in [0.2, 0.25) is 5.91 Å². The maximum absolute atomic E-state index is 12.9. The summed E-state index contributed by atoms with van der Waals surface area (Å²) in [6, 6.07) is 29.7. The maximum atomic E-state index is 12.9. The molecule has 1 atom stereocenters. The van der Waals surface area contributed by atoms with Crippen molar-refractivity contribution in [2.24, 2.45) is 0 Å². The Labute approximate surface area is 221 Å². The lowest BCUT2D eigenvalue weighted by molar-refractivity contribution is -0.137. The van der Waals surface area contributed by atoms with Crippen molar-refractivity contribution in [3.05, 3.63) is 109 Å². The van der Waals surface area contributed by atoms with Gasteiger partial charge in [-0.2, -0.15) is 0 Å². The van der Waals surface area contributed by atoms with Crippen LogP contribution in [0.15, 0.2) is 103 Å². The van der Waals surface area contributed by atoms with Gasteiger partial charge in [0.1, 0.15) is 0 Å². The van der Waals surface area contributed by atoms with Gasteiger partial charge in [0.25, 0.3) is 8.32 Å². The molecule has 1 amide bonds. The summed E-state index contributed by atoms with van der Waals surface area (Å²) in [4.78, 5) is 25.0. The molecule has 3 aromatic rings. The number of amides is 1. The third-order valence-electron chi connectivity index (χ3n) is 6.20. The molecule has 37 heavy (non-hydrogen) atoms. The molecule has 1 unspecified atom stereocenters. The average Bonchev–Trinajstić information content (AvgIpc) is 2.88. The van der Waals surface area contributed by atoms with E-state index in [-0.39, 0.29) is 30.6 Å². The first-order chi connectivity index (χ1) is 17.8. The quantitative estimate of drug-likeness (QED) is 0.233. The monoisotopic (exact) mass is 515 g/mol. The average molecular weight is 516 g/mol. The Balaban J connectivity index is 1.94. The van der Waals surface area contributed by atoms with Gasteiger partial charge in [-0.25, -0.2) is 4.79 Å². The third kappa shape index (κ3) is 7.51. The number of carbonyl (C=O) groups excluding carboxylic acids is 2. The second-order valence-corrected chi connectivity index (χ2v) is 14.2. The summed E-state index contributed by atoms with van der Waals surface area (Å²) in [7, 11) is -2.81. The van der Waals surface area contributed by atoms with Crippen LogP contribution in [0.1, 0.15) is 33.3 Å². The number of carbonyl (C=O) groups is 2. The first kappa shape index (κ1) is 28.1. The van der Waals surface area contributed by atoms with Crippen LogP contribution in [0.2, 0.25) is 5.04 Å². The first-order valence-electron chi connectivity index (χ1n) is 12.7. The molecule has 194 valence electrons.